The second-order valence-corrected chi connectivity index (χ2v) is 9.63. The van der Waals surface area contributed by atoms with E-state index in [1.165, 1.54) is 89.9 Å². The molecule has 35 heavy (non-hydrogen) atoms. The van der Waals surface area contributed by atoms with Crippen LogP contribution in [0.15, 0.2) is 24.3 Å². The van der Waals surface area contributed by atoms with E-state index < -0.39 is 11.9 Å². The number of ether oxygens (including phenoxy) is 3. The first-order valence-electron chi connectivity index (χ1n) is 14.3. The van der Waals surface area contributed by atoms with E-state index in [4.69, 9.17) is 14.2 Å². The van der Waals surface area contributed by atoms with E-state index in [2.05, 4.69) is 27.0 Å². The molecule has 0 aromatic heterocycles. The Labute approximate surface area is 216 Å². The van der Waals surface area contributed by atoms with Crippen LogP contribution in [0.1, 0.15) is 129 Å². The first kappa shape index (κ1) is 33.4. The Balaban J connectivity index is 3.60. The maximum Gasteiger partial charge on any atom is 0.335 e. The fraction of sp³-hybridized carbons (Fsp3) is 0.800. The van der Waals surface area contributed by atoms with Crippen LogP contribution >= 0.6 is 0 Å². The van der Waals surface area contributed by atoms with Crippen molar-refractivity contribution in [3.63, 3.8) is 0 Å². The van der Waals surface area contributed by atoms with Gasteiger partial charge in [0.15, 0.2) is 0 Å². The molecule has 0 amide bonds. The second kappa shape index (κ2) is 25.5. The molecule has 0 aliphatic carbocycles. The van der Waals surface area contributed by atoms with Crippen molar-refractivity contribution in [1.29, 1.82) is 0 Å². The molecule has 0 heterocycles. The Morgan fingerprint density at radius 1 is 0.486 bits per heavy atom. The molecule has 0 saturated carbocycles. The number of unbranched alkanes of at least 4 members (excludes halogenated alkanes) is 16. The predicted octanol–water partition coefficient (Wildman–Crippen LogP) is 8.26. The lowest BCUT2D eigenvalue weighted by molar-refractivity contribution is -0.139. The minimum Gasteiger partial charge on any atom is -0.462 e. The minimum absolute atomic E-state index is 0.0150. The van der Waals surface area contributed by atoms with Crippen LogP contribution in [0.4, 0.5) is 0 Å². The Morgan fingerprint density at radius 3 is 1.09 bits per heavy atom. The molecule has 0 rings (SSSR count). The molecule has 0 aromatic rings. The third-order valence-electron chi connectivity index (χ3n) is 6.09. The van der Waals surface area contributed by atoms with Gasteiger partial charge in [-0.25, -0.2) is 9.59 Å². The monoisotopic (exact) mass is 494 g/mol. The van der Waals surface area contributed by atoms with Gasteiger partial charge in [-0.2, -0.15) is 0 Å². The van der Waals surface area contributed by atoms with Crippen molar-refractivity contribution in [2.24, 2.45) is 0 Å². The van der Waals surface area contributed by atoms with Crippen LogP contribution in [-0.4, -0.2) is 38.4 Å². The normalized spacial score (nSPS) is 10.8. The zero-order chi connectivity index (χ0) is 26.0. The Kier molecular flexibility index (Phi) is 24.3. The SMILES string of the molecule is C=C(COCC(=C)C(=O)OCCCCCCCCCCC)C(=O)OCCCCCCCCCCC. The highest BCUT2D eigenvalue weighted by Gasteiger charge is 2.12. The van der Waals surface area contributed by atoms with Gasteiger partial charge in [-0.3, -0.25) is 0 Å². The molecule has 0 saturated heterocycles. The van der Waals surface area contributed by atoms with E-state index in [0.717, 1.165) is 25.7 Å². The van der Waals surface area contributed by atoms with Gasteiger partial charge in [-0.05, 0) is 12.8 Å². The van der Waals surface area contributed by atoms with Gasteiger partial charge < -0.3 is 14.2 Å². The van der Waals surface area contributed by atoms with Crippen molar-refractivity contribution in [3.05, 3.63) is 24.3 Å². The van der Waals surface area contributed by atoms with Crippen molar-refractivity contribution in [2.45, 2.75) is 129 Å². The zero-order valence-corrected chi connectivity index (χ0v) is 23.0. The molecular weight excluding hydrogens is 440 g/mol. The topological polar surface area (TPSA) is 61.8 Å². The fourth-order valence-electron chi connectivity index (χ4n) is 3.77. The van der Waals surface area contributed by atoms with Crippen LogP contribution in [0.2, 0.25) is 0 Å². The average Bonchev–Trinajstić information content (AvgIpc) is 2.85. The molecule has 0 N–H and O–H groups in total. The maximum absolute atomic E-state index is 12.0. The van der Waals surface area contributed by atoms with Crippen molar-refractivity contribution in [2.75, 3.05) is 26.4 Å². The van der Waals surface area contributed by atoms with Gasteiger partial charge in [0.2, 0.25) is 0 Å². The highest BCUT2D eigenvalue weighted by atomic mass is 16.5. The molecule has 0 atom stereocenters. The van der Waals surface area contributed by atoms with Crippen molar-refractivity contribution >= 4 is 11.9 Å². The van der Waals surface area contributed by atoms with E-state index in [1.807, 2.05) is 0 Å². The number of rotatable bonds is 26. The molecule has 5 nitrogen and oxygen atoms in total. The van der Waals surface area contributed by atoms with E-state index in [9.17, 15) is 9.59 Å². The van der Waals surface area contributed by atoms with Crippen molar-refractivity contribution in [3.8, 4) is 0 Å². The van der Waals surface area contributed by atoms with Gasteiger partial charge in [0.1, 0.15) is 0 Å². The summed E-state index contributed by atoms with van der Waals surface area (Å²) in [7, 11) is 0. The predicted molar refractivity (Wildman–Crippen MR) is 145 cm³/mol. The largest absolute Gasteiger partial charge is 0.462 e. The van der Waals surface area contributed by atoms with Crippen LogP contribution in [0.25, 0.3) is 0 Å². The first-order chi connectivity index (χ1) is 17.0. The highest BCUT2D eigenvalue weighted by molar-refractivity contribution is 5.88. The summed E-state index contributed by atoms with van der Waals surface area (Å²) in [6.07, 6.45) is 21.9. The van der Waals surface area contributed by atoms with Gasteiger partial charge in [-0.15, -0.1) is 0 Å². The Hall–Kier alpha value is -1.62. The summed E-state index contributed by atoms with van der Waals surface area (Å²) in [5.74, 6) is -0.883. The molecule has 0 aliphatic rings. The lowest BCUT2D eigenvalue weighted by atomic mass is 10.1. The van der Waals surface area contributed by atoms with Crippen LogP contribution < -0.4 is 0 Å². The maximum atomic E-state index is 12.0. The highest BCUT2D eigenvalue weighted by Crippen LogP contribution is 2.11. The summed E-state index contributed by atoms with van der Waals surface area (Å²) < 4.78 is 15.9. The molecule has 0 bridgehead atoms. The van der Waals surface area contributed by atoms with E-state index in [-0.39, 0.29) is 24.4 Å². The minimum atomic E-state index is -0.442. The Bertz CT molecular complexity index is 507. The molecular formula is C30H54O5. The van der Waals surface area contributed by atoms with Crippen LogP contribution in [0.5, 0.6) is 0 Å². The summed E-state index contributed by atoms with van der Waals surface area (Å²) in [6, 6.07) is 0. The van der Waals surface area contributed by atoms with Crippen LogP contribution in [0, 0.1) is 0 Å². The Morgan fingerprint density at radius 2 is 0.771 bits per heavy atom. The van der Waals surface area contributed by atoms with Crippen molar-refractivity contribution in [1.82, 2.24) is 0 Å². The smallest absolute Gasteiger partial charge is 0.335 e. The van der Waals surface area contributed by atoms with Gasteiger partial charge in [0, 0.05) is 0 Å². The molecule has 0 unspecified atom stereocenters. The van der Waals surface area contributed by atoms with Gasteiger partial charge in [0.25, 0.3) is 0 Å². The summed E-state index contributed by atoms with van der Waals surface area (Å²) in [5.41, 5.74) is 0.494. The lowest BCUT2D eigenvalue weighted by Gasteiger charge is -2.10. The van der Waals surface area contributed by atoms with E-state index in [1.54, 1.807) is 0 Å². The van der Waals surface area contributed by atoms with Crippen LogP contribution in [-0.2, 0) is 23.8 Å². The summed E-state index contributed by atoms with van der Waals surface area (Å²) in [5, 5.41) is 0. The summed E-state index contributed by atoms with van der Waals surface area (Å²) in [4.78, 5) is 24.0. The van der Waals surface area contributed by atoms with Crippen LogP contribution in [0.3, 0.4) is 0 Å². The molecule has 0 radical (unpaired) electrons. The lowest BCUT2D eigenvalue weighted by Crippen LogP contribution is -2.16. The molecule has 5 heteroatoms. The zero-order valence-electron chi connectivity index (χ0n) is 23.0. The third-order valence-corrected chi connectivity index (χ3v) is 6.09. The fourth-order valence-corrected chi connectivity index (χ4v) is 3.77. The van der Waals surface area contributed by atoms with Gasteiger partial charge in [0.05, 0.1) is 37.6 Å². The van der Waals surface area contributed by atoms with Gasteiger partial charge in [-0.1, -0.05) is 130 Å². The molecule has 0 spiro atoms. The van der Waals surface area contributed by atoms with E-state index in [0.29, 0.717) is 13.2 Å². The second-order valence-electron chi connectivity index (χ2n) is 9.63. The summed E-state index contributed by atoms with van der Waals surface area (Å²) in [6.45, 7) is 12.8. The number of hydrogen-bond donors (Lipinski definition) is 0. The third kappa shape index (κ3) is 22.6. The molecule has 0 aromatic carbocycles. The number of carbonyl (C=O) groups is 2. The van der Waals surface area contributed by atoms with E-state index >= 15 is 0 Å². The average molecular weight is 495 g/mol. The number of hydrogen-bond acceptors (Lipinski definition) is 5. The number of esters is 2. The van der Waals surface area contributed by atoms with Gasteiger partial charge >= 0.3 is 11.9 Å². The number of carbonyl (C=O) groups excluding carboxylic acids is 2. The molecule has 0 aliphatic heterocycles. The standard InChI is InChI=1S/C30H54O5/c1-5-7-9-11-13-15-17-19-21-23-34-29(31)27(3)25-33-26-28(4)30(32)35-24-22-20-18-16-14-12-10-8-6-2/h3-26H2,1-2H3. The molecule has 0 fully saturated rings. The van der Waals surface area contributed by atoms with Crippen molar-refractivity contribution < 1.29 is 23.8 Å². The molecule has 204 valence electrons. The quantitative estimate of drug-likeness (QED) is 0.0688. The first-order valence-corrected chi connectivity index (χ1v) is 14.3. The summed E-state index contributed by atoms with van der Waals surface area (Å²) >= 11 is 0.